The molecule has 6 nitrogen and oxygen atoms in total. The first kappa shape index (κ1) is 19.8. The molecule has 0 bridgehead atoms. The fourth-order valence-electron chi connectivity index (χ4n) is 3.70. The van der Waals surface area contributed by atoms with Gasteiger partial charge in [-0.15, -0.1) is 0 Å². The lowest BCUT2D eigenvalue weighted by atomic mass is 9.96. The third-order valence-corrected chi connectivity index (χ3v) is 6.30. The molecule has 0 aliphatic carbocycles. The van der Waals surface area contributed by atoms with E-state index >= 15 is 0 Å². The number of thioether (sulfide) groups is 1. The summed E-state index contributed by atoms with van der Waals surface area (Å²) in [6.45, 7) is 2.76. The number of halogens is 1. The number of rotatable bonds is 3. The molecule has 2 aliphatic heterocycles. The Balaban J connectivity index is 1.64. The van der Waals surface area contributed by atoms with E-state index in [-0.39, 0.29) is 10.5 Å². The van der Waals surface area contributed by atoms with Gasteiger partial charge in [0.2, 0.25) is 0 Å². The lowest BCUT2D eigenvalue weighted by molar-refractivity contribution is 0.261. The number of nitrogens with one attached hydrogen (secondary N) is 2. The number of hydrogen-bond donors (Lipinski definition) is 2. The van der Waals surface area contributed by atoms with Crippen LogP contribution in [0.4, 0.5) is 10.5 Å². The number of aryl methyl sites for hydroxylation is 1. The molecule has 0 saturated carbocycles. The molecule has 0 fully saturated rings. The standard InChI is InChI=1S/C21H21ClN4O2S/c1-12-19(24-25-21(27)29-12)14-5-7-17-13(10-14)4-3-9-26(17)20(23)15-6-8-18(28-2)16(22)11-15/h5-8,10-12,23H,3-4,9H2,1-2H3,(H,25,27). The summed E-state index contributed by atoms with van der Waals surface area (Å²) in [6, 6.07) is 11.6. The van der Waals surface area contributed by atoms with Crippen molar-refractivity contribution in [1.82, 2.24) is 5.43 Å². The van der Waals surface area contributed by atoms with E-state index in [0.717, 1.165) is 41.9 Å². The topological polar surface area (TPSA) is 77.8 Å². The molecule has 1 atom stereocenters. The number of hydrazone groups is 1. The summed E-state index contributed by atoms with van der Waals surface area (Å²) < 4.78 is 5.21. The zero-order valence-corrected chi connectivity index (χ0v) is 17.7. The minimum Gasteiger partial charge on any atom is -0.495 e. The third kappa shape index (κ3) is 3.84. The summed E-state index contributed by atoms with van der Waals surface area (Å²) in [7, 11) is 1.58. The first-order valence-corrected chi connectivity index (χ1v) is 10.6. The van der Waals surface area contributed by atoms with Gasteiger partial charge in [0.15, 0.2) is 0 Å². The second-order valence-corrected chi connectivity index (χ2v) is 8.67. The van der Waals surface area contributed by atoms with Crippen LogP contribution in [0.3, 0.4) is 0 Å². The van der Waals surface area contributed by atoms with Crippen molar-refractivity contribution in [1.29, 1.82) is 5.41 Å². The number of nitrogens with zero attached hydrogens (tertiary/aromatic N) is 2. The first-order chi connectivity index (χ1) is 14.0. The third-order valence-electron chi connectivity index (χ3n) is 5.13. The Hall–Kier alpha value is -2.51. The van der Waals surface area contributed by atoms with Crippen LogP contribution in [0.25, 0.3) is 0 Å². The van der Waals surface area contributed by atoms with Crippen molar-refractivity contribution < 1.29 is 9.53 Å². The number of methoxy groups -OCH3 is 1. The Labute approximate surface area is 178 Å². The minimum absolute atomic E-state index is 0.00114. The van der Waals surface area contributed by atoms with Gasteiger partial charge in [-0.2, -0.15) is 5.10 Å². The highest BCUT2D eigenvalue weighted by molar-refractivity contribution is 8.14. The van der Waals surface area contributed by atoms with E-state index in [4.69, 9.17) is 21.7 Å². The summed E-state index contributed by atoms with van der Waals surface area (Å²) in [4.78, 5) is 13.5. The average Bonchev–Trinajstić information content (AvgIpc) is 2.72. The van der Waals surface area contributed by atoms with Gasteiger partial charge in [-0.3, -0.25) is 10.2 Å². The molecule has 2 aromatic rings. The number of amides is 1. The summed E-state index contributed by atoms with van der Waals surface area (Å²) in [5.74, 6) is 1.01. The fourth-order valence-corrected chi connectivity index (χ4v) is 4.67. The lowest BCUT2D eigenvalue weighted by Gasteiger charge is -2.32. The molecule has 2 aliphatic rings. The Morgan fingerprint density at radius 1 is 1.34 bits per heavy atom. The van der Waals surface area contributed by atoms with Crippen LogP contribution in [0, 0.1) is 5.41 Å². The van der Waals surface area contributed by atoms with Gasteiger partial charge in [-0.1, -0.05) is 29.4 Å². The number of hydrogen-bond acceptors (Lipinski definition) is 5. The number of carbonyl (C=O) groups is 1. The highest BCUT2D eigenvalue weighted by Crippen LogP contribution is 2.32. The highest BCUT2D eigenvalue weighted by Gasteiger charge is 2.26. The first-order valence-electron chi connectivity index (χ1n) is 9.35. The van der Waals surface area contributed by atoms with E-state index < -0.39 is 0 Å². The molecule has 0 spiro atoms. The summed E-state index contributed by atoms with van der Waals surface area (Å²) >= 11 is 7.50. The van der Waals surface area contributed by atoms with E-state index in [2.05, 4.69) is 16.6 Å². The second kappa shape index (κ2) is 8.08. The zero-order chi connectivity index (χ0) is 20.5. The van der Waals surface area contributed by atoms with Crippen molar-refractivity contribution in [3.05, 3.63) is 58.1 Å². The van der Waals surface area contributed by atoms with Crippen LogP contribution in [0.5, 0.6) is 5.75 Å². The fraction of sp³-hybridized carbons (Fsp3) is 0.286. The predicted octanol–water partition coefficient (Wildman–Crippen LogP) is 4.68. The summed E-state index contributed by atoms with van der Waals surface area (Å²) in [6.07, 6.45) is 1.90. The van der Waals surface area contributed by atoms with Crippen molar-refractivity contribution in [3.8, 4) is 5.75 Å². The predicted molar refractivity (Wildman–Crippen MR) is 119 cm³/mol. The molecule has 4 rings (SSSR count). The van der Waals surface area contributed by atoms with Crippen LogP contribution in [0.1, 0.15) is 30.0 Å². The normalized spacial score (nSPS) is 18.6. The molecule has 2 heterocycles. The van der Waals surface area contributed by atoms with Crippen LogP contribution < -0.4 is 15.1 Å². The van der Waals surface area contributed by atoms with Gasteiger partial charge >= 0.3 is 0 Å². The van der Waals surface area contributed by atoms with Gasteiger partial charge in [0.25, 0.3) is 5.24 Å². The minimum atomic E-state index is -0.128. The quantitative estimate of drug-likeness (QED) is 0.549. The molecule has 0 aromatic heterocycles. The molecule has 150 valence electrons. The van der Waals surface area contributed by atoms with Crippen molar-refractivity contribution >= 4 is 45.8 Å². The Kier molecular flexibility index (Phi) is 5.52. The highest BCUT2D eigenvalue weighted by atomic mass is 35.5. The SMILES string of the molecule is COc1ccc(C(=N)N2CCCc3cc(C4=NNC(=O)SC4C)ccc32)cc1Cl. The number of ether oxygens (including phenoxy) is 1. The van der Waals surface area contributed by atoms with Crippen LogP contribution in [0.15, 0.2) is 41.5 Å². The number of amidine groups is 1. The Bertz CT molecular complexity index is 1020. The zero-order valence-electron chi connectivity index (χ0n) is 16.2. The van der Waals surface area contributed by atoms with E-state index in [1.807, 2.05) is 30.0 Å². The smallest absolute Gasteiger partial charge is 0.299 e. The number of benzene rings is 2. The molecule has 2 N–H and O–H groups in total. The molecule has 0 radical (unpaired) electrons. The van der Waals surface area contributed by atoms with E-state index in [1.54, 1.807) is 19.2 Å². The molecular weight excluding hydrogens is 408 g/mol. The van der Waals surface area contributed by atoms with Crippen LogP contribution in [-0.4, -0.2) is 35.7 Å². The van der Waals surface area contributed by atoms with Gasteiger partial charge in [0, 0.05) is 17.8 Å². The molecule has 8 heteroatoms. The van der Waals surface area contributed by atoms with Gasteiger partial charge in [0.05, 0.1) is 23.1 Å². The Morgan fingerprint density at radius 3 is 2.90 bits per heavy atom. The van der Waals surface area contributed by atoms with Crippen molar-refractivity contribution in [2.45, 2.75) is 25.0 Å². The largest absolute Gasteiger partial charge is 0.495 e. The van der Waals surface area contributed by atoms with Gasteiger partial charge in [0.1, 0.15) is 11.6 Å². The number of fused-ring (bicyclic) bond motifs is 1. The maximum atomic E-state index is 11.5. The lowest BCUT2D eigenvalue weighted by Crippen LogP contribution is -2.36. The van der Waals surface area contributed by atoms with E-state index in [1.165, 1.54) is 17.3 Å². The number of carbonyl (C=O) groups excluding carboxylic acids is 1. The van der Waals surface area contributed by atoms with Gasteiger partial charge < -0.3 is 9.64 Å². The Morgan fingerprint density at radius 2 is 2.17 bits per heavy atom. The molecule has 0 saturated heterocycles. The summed E-state index contributed by atoms with van der Waals surface area (Å²) in [5, 5.41) is 13.4. The number of anilines is 1. The van der Waals surface area contributed by atoms with Crippen LogP contribution >= 0.6 is 23.4 Å². The molecule has 1 amide bonds. The second-order valence-electron chi connectivity index (χ2n) is 6.95. The van der Waals surface area contributed by atoms with Gasteiger partial charge in [-0.05, 0) is 61.2 Å². The van der Waals surface area contributed by atoms with Crippen molar-refractivity contribution in [2.75, 3.05) is 18.6 Å². The van der Waals surface area contributed by atoms with Crippen LogP contribution in [-0.2, 0) is 6.42 Å². The monoisotopic (exact) mass is 428 g/mol. The molecular formula is C21H21ClN4O2S. The maximum Gasteiger partial charge on any atom is 0.299 e. The van der Waals surface area contributed by atoms with E-state index in [9.17, 15) is 4.79 Å². The molecule has 29 heavy (non-hydrogen) atoms. The van der Waals surface area contributed by atoms with Gasteiger partial charge in [-0.25, -0.2) is 5.43 Å². The van der Waals surface area contributed by atoms with E-state index in [0.29, 0.717) is 16.6 Å². The average molecular weight is 429 g/mol. The summed E-state index contributed by atoms with van der Waals surface area (Å²) in [5.41, 5.74) is 7.37. The van der Waals surface area contributed by atoms with Crippen molar-refractivity contribution in [3.63, 3.8) is 0 Å². The van der Waals surface area contributed by atoms with Crippen LogP contribution in [0.2, 0.25) is 5.02 Å². The molecule has 1 unspecified atom stereocenters. The van der Waals surface area contributed by atoms with Crippen molar-refractivity contribution in [2.24, 2.45) is 5.10 Å². The molecule has 2 aromatic carbocycles. The maximum absolute atomic E-state index is 11.5.